The lowest BCUT2D eigenvalue weighted by Crippen LogP contribution is -2.62. The maximum Gasteiger partial charge on any atom is 0.410 e. The van der Waals surface area contributed by atoms with E-state index in [1.54, 1.807) is 12.0 Å². The molecule has 2 amide bonds. The molecule has 2 fully saturated rings. The predicted molar refractivity (Wildman–Crippen MR) is 140 cm³/mol. The van der Waals surface area contributed by atoms with Crippen molar-refractivity contribution in [3.63, 3.8) is 0 Å². The average Bonchev–Trinajstić information content (AvgIpc) is 3.41. The first-order chi connectivity index (χ1) is 16.9. The zero-order valence-corrected chi connectivity index (χ0v) is 23.2. The molecule has 8 heteroatoms. The van der Waals surface area contributed by atoms with Crippen molar-refractivity contribution in [2.24, 2.45) is 0 Å². The molecular weight excluding hydrogens is 456 g/mol. The monoisotopic (exact) mass is 500 g/mol. The van der Waals surface area contributed by atoms with Gasteiger partial charge in [0.2, 0.25) is 5.91 Å². The molecule has 0 spiro atoms. The van der Waals surface area contributed by atoms with Gasteiger partial charge in [0.15, 0.2) is 0 Å². The van der Waals surface area contributed by atoms with Gasteiger partial charge in [-0.2, -0.15) is 0 Å². The van der Waals surface area contributed by atoms with E-state index in [2.05, 4.69) is 24.8 Å². The molecule has 2 aliphatic heterocycles. The van der Waals surface area contributed by atoms with Crippen LogP contribution in [0.3, 0.4) is 0 Å². The van der Waals surface area contributed by atoms with Crippen LogP contribution < -0.4 is 4.90 Å². The molecule has 8 nitrogen and oxygen atoms in total. The number of aromatic nitrogens is 1. The summed E-state index contributed by atoms with van der Waals surface area (Å²) in [4.78, 5) is 37.3. The number of nitrogens with zero attached hydrogens (tertiary/aromatic N) is 4. The van der Waals surface area contributed by atoms with Crippen LogP contribution in [0.25, 0.3) is 0 Å². The number of carbonyl (C=O) groups excluding carboxylic acids is 2. The van der Waals surface area contributed by atoms with E-state index in [4.69, 9.17) is 14.5 Å². The lowest BCUT2D eigenvalue weighted by Gasteiger charge is -2.45. The van der Waals surface area contributed by atoms with Gasteiger partial charge in [-0.1, -0.05) is 26.7 Å². The number of fused-ring (bicyclic) bond motifs is 1. The van der Waals surface area contributed by atoms with Crippen molar-refractivity contribution in [1.29, 1.82) is 0 Å². The zero-order chi connectivity index (χ0) is 26.3. The third-order valence-corrected chi connectivity index (χ3v) is 7.83. The Kier molecular flexibility index (Phi) is 7.68. The summed E-state index contributed by atoms with van der Waals surface area (Å²) in [6.07, 6.45) is 6.57. The fourth-order valence-corrected chi connectivity index (χ4v) is 5.93. The molecule has 0 N–H and O–H groups in total. The molecule has 1 saturated carbocycles. The highest BCUT2D eigenvalue weighted by molar-refractivity contribution is 5.97. The Balaban J connectivity index is 1.50. The van der Waals surface area contributed by atoms with Crippen LogP contribution in [0.5, 0.6) is 0 Å². The first-order valence-corrected chi connectivity index (χ1v) is 13.4. The average molecular weight is 501 g/mol. The van der Waals surface area contributed by atoms with Crippen LogP contribution in [0, 0.1) is 0 Å². The van der Waals surface area contributed by atoms with Crippen LogP contribution in [0.15, 0.2) is 12.3 Å². The zero-order valence-electron chi connectivity index (χ0n) is 23.2. The van der Waals surface area contributed by atoms with Crippen LogP contribution in [-0.2, 0) is 19.7 Å². The Morgan fingerprint density at radius 3 is 2.50 bits per heavy atom. The molecule has 36 heavy (non-hydrogen) atoms. The van der Waals surface area contributed by atoms with E-state index in [-0.39, 0.29) is 36.0 Å². The smallest absolute Gasteiger partial charge is 0.410 e. The minimum absolute atomic E-state index is 0.0683. The molecule has 0 aromatic carbocycles. The van der Waals surface area contributed by atoms with Crippen LogP contribution in [0.4, 0.5) is 10.5 Å². The van der Waals surface area contributed by atoms with Gasteiger partial charge in [0.1, 0.15) is 5.60 Å². The van der Waals surface area contributed by atoms with Gasteiger partial charge in [0, 0.05) is 61.6 Å². The number of methoxy groups -OCH3 is 1. The second-order valence-electron chi connectivity index (χ2n) is 12.5. The number of pyridine rings is 1. The second kappa shape index (κ2) is 10.3. The Morgan fingerprint density at radius 2 is 1.86 bits per heavy atom. The largest absolute Gasteiger partial charge is 0.444 e. The van der Waals surface area contributed by atoms with Crippen LogP contribution in [-0.4, -0.2) is 84.4 Å². The number of carbonyl (C=O) groups is 2. The minimum Gasteiger partial charge on any atom is -0.444 e. The maximum atomic E-state index is 13.8. The molecule has 3 heterocycles. The fourth-order valence-electron chi connectivity index (χ4n) is 5.93. The number of piperazine rings is 1. The minimum atomic E-state index is -0.553. The topological polar surface area (TPSA) is 75.2 Å². The van der Waals surface area contributed by atoms with Gasteiger partial charge in [-0.15, -0.1) is 0 Å². The molecule has 1 saturated heterocycles. The van der Waals surface area contributed by atoms with E-state index >= 15 is 0 Å². The molecule has 0 bridgehead atoms. The molecule has 3 aliphatic rings. The van der Waals surface area contributed by atoms with Crippen LogP contribution >= 0.6 is 0 Å². The van der Waals surface area contributed by atoms with Crippen LogP contribution in [0.2, 0.25) is 0 Å². The van der Waals surface area contributed by atoms with E-state index in [1.807, 2.05) is 38.8 Å². The molecule has 0 radical (unpaired) electrons. The Bertz CT molecular complexity index is 967. The number of rotatable bonds is 5. The molecule has 200 valence electrons. The quantitative estimate of drug-likeness (QED) is 0.599. The Morgan fingerprint density at radius 1 is 1.17 bits per heavy atom. The number of hydrogen-bond donors (Lipinski definition) is 0. The molecule has 1 aromatic heterocycles. The summed E-state index contributed by atoms with van der Waals surface area (Å²) < 4.78 is 11.1. The van der Waals surface area contributed by atoms with Crippen molar-refractivity contribution < 1.29 is 19.1 Å². The number of anilines is 1. The van der Waals surface area contributed by atoms with Gasteiger partial charge in [0.05, 0.1) is 24.9 Å². The first kappa shape index (κ1) is 26.9. The van der Waals surface area contributed by atoms with E-state index < -0.39 is 5.60 Å². The number of amides is 2. The number of ether oxygens (including phenoxy) is 2. The van der Waals surface area contributed by atoms with Gasteiger partial charge in [-0.25, -0.2) is 4.79 Å². The predicted octanol–water partition coefficient (Wildman–Crippen LogP) is 4.32. The summed E-state index contributed by atoms with van der Waals surface area (Å²) in [6.45, 7) is 14.4. The van der Waals surface area contributed by atoms with Crippen LogP contribution in [0.1, 0.15) is 84.4 Å². The third-order valence-electron chi connectivity index (χ3n) is 7.83. The van der Waals surface area contributed by atoms with Gasteiger partial charge >= 0.3 is 6.09 Å². The molecular formula is C28H44N4O4. The summed E-state index contributed by atoms with van der Waals surface area (Å²) in [7, 11) is 1.66. The third kappa shape index (κ3) is 5.70. The number of hydrogen-bond acceptors (Lipinski definition) is 6. The highest BCUT2D eigenvalue weighted by Gasteiger charge is 2.42. The molecule has 2 unspecified atom stereocenters. The van der Waals surface area contributed by atoms with Gasteiger partial charge in [0.25, 0.3) is 0 Å². The van der Waals surface area contributed by atoms with Crippen molar-refractivity contribution in [3.05, 3.63) is 23.5 Å². The maximum absolute atomic E-state index is 13.8. The summed E-state index contributed by atoms with van der Waals surface area (Å²) in [5.41, 5.74) is 2.60. The molecule has 4 rings (SSSR count). The second-order valence-corrected chi connectivity index (χ2v) is 12.5. The summed E-state index contributed by atoms with van der Waals surface area (Å²) in [5.74, 6) is 0.591. The SMILES string of the molecule is COCC1CN(C(=O)OC(C)(C)C)C(C)CN1CC(=O)N1CC(C)(C)c2cnc(C3CCCC3)cc21. The Labute approximate surface area is 216 Å². The van der Waals surface area contributed by atoms with Crippen molar-refractivity contribution in [3.8, 4) is 0 Å². The summed E-state index contributed by atoms with van der Waals surface area (Å²) in [5, 5.41) is 0. The summed E-state index contributed by atoms with van der Waals surface area (Å²) >= 11 is 0. The van der Waals surface area contributed by atoms with Crippen molar-refractivity contribution in [2.75, 3.05) is 44.8 Å². The van der Waals surface area contributed by atoms with E-state index in [9.17, 15) is 9.59 Å². The van der Waals surface area contributed by atoms with E-state index in [0.717, 1.165) is 16.9 Å². The molecule has 1 aliphatic carbocycles. The molecule has 1 aromatic rings. The lowest BCUT2D eigenvalue weighted by atomic mass is 9.87. The van der Waals surface area contributed by atoms with Gasteiger partial charge < -0.3 is 19.3 Å². The van der Waals surface area contributed by atoms with Crippen molar-refractivity contribution in [2.45, 2.75) is 96.2 Å². The fraction of sp³-hybridized carbons (Fsp3) is 0.750. The lowest BCUT2D eigenvalue weighted by molar-refractivity contribution is -0.121. The molecule has 2 atom stereocenters. The summed E-state index contributed by atoms with van der Waals surface area (Å²) in [6, 6.07) is 2.03. The van der Waals surface area contributed by atoms with Crippen molar-refractivity contribution in [1.82, 2.24) is 14.8 Å². The van der Waals surface area contributed by atoms with E-state index in [0.29, 0.717) is 32.2 Å². The first-order valence-electron chi connectivity index (χ1n) is 13.4. The van der Waals surface area contributed by atoms with Crippen molar-refractivity contribution >= 4 is 17.7 Å². The van der Waals surface area contributed by atoms with E-state index in [1.165, 1.54) is 25.7 Å². The highest BCUT2D eigenvalue weighted by atomic mass is 16.6. The van der Waals surface area contributed by atoms with Gasteiger partial charge in [-0.05, 0) is 46.6 Å². The normalized spacial score (nSPS) is 24.8. The van der Waals surface area contributed by atoms with Gasteiger partial charge in [-0.3, -0.25) is 14.7 Å². The highest BCUT2D eigenvalue weighted by Crippen LogP contribution is 2.43. The standard InChI is InChI=1S/C28H44N4O4/c1-19-14-30(21(17-35-7)15-31(19)26(34)36-27(2,3)4)16-25(33)32-18-28(5,6)22-13-29-23(12-24(22)32)20-10-8-9-11-20/h12-13,19-21H,8-11,14-18H2,1-7H3. The Hall–Kier alpha value is -2.19.